The molecule has 1 aliphatic heterocycles. The fourth-order valence-electron chi connectivity index (χ4n) is 3.63. The van der Waals surface area contributed by atoms with Crippen molar-refractivity contribution in [3.63, 3.8) is 0 Å². The number of amides is 1. The van der Waals surface area contributed by atoms with Gasteiger partial charge in [0.1, 0.15) is 0 Å². The number of carbonyl (C=O) groups is 2. The molecule has 31 heavy (non-hydrogen) atoms. The van der Waals surface area contributed by atoms with Crippen molar-refractivity contribution in [1.82, 2.24) is 14.1 Å². The first-order valence-electron chi connectivity index (χ1n) is 10.2. The zero-order chi connectivity index (χ0) is 22.6. The van der Waals surface area contributed by atoms with Gasteiger partial charge in [-0.2, -0.15) is 9.40 Å². The van der Waals surface area contributed by atoms with Gasteiger partial charge >= 0.3 is 5.97 Å². The number of sulfonamides is 1. The van der Waals surface area contributed by atoms with Crippen LogP contribution in [0.3, 0.4) is 0 Å². The maximum Gasteiger partial charge on any atom is 0.306 e. The molecular formula is C21H28N4O5S. The molecule has 9 nitrogen and oxygen atoms in total. The van der Waals surface area contributed by atoms with Crippen molar-refractivity contribution >= 4 is 27.6 Å². The Kier molecular flexibility index (Phi) is 7.11. The van der Waals surface area contributed by atoms with Gasteiger partial charge in [-0.15, -0.1) is 0 Å². The molecule has 10 heteroatoms. The highest BCUT2D eigenvalue weighted by Crippen LogP contribution is 2.23. The van der Waals surface area contributed by atoms with E-state index in [2.05, 4.69) is 10.4 Å². The Morgan fingerprint density at radius 1 is 1.19 bits per heavy atom. The zero-order valence-corrected chi connectivity index (χ0v) is 18.9. The number of benzene rings is 1. The second kappa shape index (κ2) is 9.61. The Bertz CT molecular complexity index is 1070. The van der Waals surface area contributed by atoms with Gasteiger partial charge in [-0.25, -0.2) is 8.42 Å². The van der Waals surface area contributed by atoms with Crippen LogP contribution in [0.25, 0.3) is 0 Å². The highest BCUT2D eigenvalue weighted by molar-refractivity contribution is 7.89. The van der Waals surface area contributed by atoms with Crippen molar-refractivity contribution < 1.29 is 22.7 Å². The molecule has 168 valence electrons. The summed E-state index contributed by atoms with van der Waals surface area (Å²) in [6.07, 6.45) is 2.33. The number of nitrogens with one attached hydrogen (secondary N) is 1. The summed E-state index contributed by atoms with van der Waals surface area (Å²) in [4.78, 5) is 24.3. The Morgan fingerprint density at radius 2 is 1.90 bits per heavy atom. The summed E-state index contributed by atoms with van der Waals surface area (Å²) in [6, 6.07) is 6.09. The minimum Gasteiger partial charge on any atom is -0.456 e. The normalized spacial score (nSPS) is 14.5. The van der Waals surface area contributed by atoms with Crippen molar-refractivity contribution in [2.45, 2.75) is 44.4 Å². The number of aryl methyl sites for hydroxylation is 2. The lowest BCUT2D eigenvalue weighted by molar-refractivity contribution is -0.147. The number of nitrogens with zero attached hydrogens (tertiary/aromatic N) is 3. The van der Waals surface area contributed by atoms with E-state index in [0.717, 1.165) is 29.8 Å². The van der Waals surface area contributed by atoms with E-state index in [0.29, 0.717) is 25.2 Å². The molecule has 1 aliphatic rings. The molecule has 1 aromatic heterocycles. The number of esters is 1. The predicted octanol–water partition coefficient (Wildman–Crippen LogP) is 1.94. The van der Waals surface area contributed by atoms with Crippen LogP contribution in [-0.2, 0) is 37.8 Å². The summed E-state index contributed by atoms with van der Waals surface area (Å²) < 4.78 is 33.6. The van der Waals surface area contributed by atoms with Gasteiger partial charge in [-0.05, 0) is 56.9 Å². The Labute approximate surface area is 182 Å². The van der Waals surface area contributed by atoms with Crippen LogP contribution in [0, 0.1) is 13.8 Å². The van der Waals surface area contributed by atoms with Gasteiger partial charge in [-0.1, -0.05) is 6.07 Å². The summed E-state index contributed by atoms with van der Waals surface area (Å²) in [5, 5.41) is 6.90. The predicted molar refractivity (Wildman–Crippen MR) is 115 cm³/mol. The molecule has 1 saturated heterocycles. The fourth-order valence-corrected chi connectivity index (χ4v) is 5.20. The van der Waals surface area contributed by atoms with E-state index >= 15 is 0 Å². The van der Waals surface area contributed by atoms with Crippen molar-refractivity contribution in [3.05, 3.63) is 41.2 Å². The topological polar surface area (TPSA) is 111 Å². The lowest BCUT2D eigenvalue weighted by Crippen LogP contribution is -2.28. The van der Waals surface area contributed by atoms with Crippen LogP contribution >= 0.6 is 0 Å². The first-order valence-corrected chi connectivity index (χ1v) is 11.7. The molecule has 1 fully saturated rings. The molecule has 0 unspecified atom stereocenters. The maximum absolute atomic E-state index is 12.7. The minimum absolute atomic E-state index is 0.131. The number of ether oxygens (including phenoxy) is 1. The van der Waals surface area contributed by atoms with E-state index in [1.54, 1.807) is 16.8 Å². The lowest BCUT2D eigenvalue weighted by atomic mass is 10.1. The first kappa shape index (κ1) is 23.0. The second-order valence-electron chi connectivity index (χ2n) is 7.62. The van der Waals surface area contributed by atoms with E-state index in [4.69, 9.17) is 4.74 Å². The lowest BCUT2D eigenvalue weighted by Gasteiger charge is -2.16. The van der Waals surface area contributed by atoms with Crippen LogP contribution in [0.4, 0.5) is 5.69 Å². The number of hydrogen-bond donors (Lipinski definition) is 1. The molecule has 3 rings (SSSR count). The van der Waals surface area contributed by atoms with E-state index in [1.807, 2.05) is 20.9 Å². The summed E-state index contributed by atoms with van der Waals surface area (Å²) in [6.45, 7) is 4.40. The zero-order valence-electron chi connectivity index (χ0n) is 18.1. The van der Waals surface area contributed by atoms with Gasteiger partial charge < -0.3 is 10.1 Å². The van der Waals surface area contributed by atoms with Gasteiger partial charge in [0.2, 0.25) is 10.0 Å². The number of carbonyl (C=O) groups excluding carboxylic acids is 2. The molecule has 2 aromatic rings. The molecule has 1 amide bonds. The maximum atomic E-state index is 12.7. The third kappa shape index (κ3) is 5.50. The standard InChI is InChI=1S/C21H28N4O5S/c1-15-19(16(2)24(3)23-15)9-10-21(27)30-14-20(26)22-17-7-6-8-18(13-17)31(28,29)25-11-4-5-12-25/h6-8,13H,4-5,9-12,14H2,1-3H3,(H,22,26). The van der Waals surface area contributed by atoms with Gasteiger partial charge in [0, 0.05) is 37.9 Å². The van der Waals surface area contributed by atoms with Crippen LogP contribution in [0.1, 0.15) is 36.2 Å². The van der Waals surface area contributed by atoms with Crippen molar-refractivity contribution in [2.24, 2.45) is 7.05 Å². The third-order valence-electron chi connectivity index (χ3n) is 5.42. The number of rotatable bonds is 8. The average molecular weight is 449 g/mol. The molecule has 0 radical (unpaired) electrons. The SMILES string of the molecule is Cc1nn(C)c(C)c1CCC(=O)OCC(=O)Nc1cccc(S(=O)(=O)N2CCCC2)c1. The summed E-state index contributed by atoms with van der Waals surface area (Å²) in [5.74, 6) is -1.01. The molecule has 0 atom stereocenters. The molecule has 1 N–H and O–H groups in total. The molecule has 2 heterocycles. The van der Waals surface area contributed by atoms with Crippen LogP contribution in [0.15, 0.2) is 29.2 Å². The molecule has 0 bridgehead atoms. The minimum atomic E-state index is -3.57. The fraction of sp³-hybridized carbons (Fsp3) is 0.476. The van der Waals surface area contributed by atoms with Gasteiger partial charge in [0.25, 0.3) is 5.91 Å². The molecular weight excluding hydrogens is 420 g/mol. The Morgan fingerprint density at radius 3 is 2.55 bits per heavy atom. The van der Waals surface area contributed by atoms with Crippen molar-refractivity contribution in [1.29, 1.82) is 0 Å². The quantitative estimate of drug-likeness (QED) is 0.618. The Hall–Kier alpha value is -2.72. The highest BCUT2D eigenvalue weighted by atomic mass is 32.2. The Balaban J connectivity index is 1.51. The van der Waals surface area contributed by atoms with Crippen molar-refractivity contribution in [3.8, 4) is 0 Å². The average Bonchev–Trinajstić information content (AvgIpc) is 3.35. The van der Waals surface area contributed by atoms with Crippen LogP contribution in [0.2, 0.25) is 0 Å². The number of hydrogen-bond acceptors (Lipinski definition) is 6. The van der Waals surface area contributed by atoms with Crippen molar-refractivity contribution in [2.75, 3.05) is 25.0 Å². The number of anilines is 1. The highest BCUT2D eigenvalue weighted by Gasteiger charge is 2.27. The third-order valence-corrected chi connectivity index (χ3v) is 7.32. The van der Waals surface area contributed by atoms with Gasteiger partial charge in [0.15, 0.2) is 6.61 Å². The van der Waals surface area contributed by atoms with Gasteiger partial charge in [0.05, 0.1) is 10.6 Å². The van der Waals surface area contributed by atoms with E-state index in [-0.39, 0.29) is 11.3 Å². The van der Waals surface area contributed by atoms with E-state index in [1.165, 1.54) is 16.4 Å². The first-order chi connectivity index (χ1) is 14.7. The van der Waals surface area contributed by atoms with Crippen LogP contribution in [-0.4, -0.2) is 54.1 Å². The number of aromatic nitrogens is 2. The monoisotopic (exact) mass is 448 g/mol. The largest absolute Gasteiger partial charge is 0.456 e. The summed E-state index contributed by atoms with van der Waals surface area (Å²) in [7, 11) is -1.72. The molecule has 0 saturated carbocycles. The molecule has 1 aromatic carbocycles. The van der Waals surface area contributed by atoms with Crippen LogP contribution in [0.5, 0.6) is 0 Å². The van der Waals surface area contributed by atoms with Gasteiger partial charge in [-0.3, -0.25) is 14.3 Å². The smallest absolute Gasteiger partial charge is 0.306 e. The van der Waals surface area contributed by atoms with E-state index < -0.39 is 28.5 Å². The molecule has 0 aliphatic carbocycles. The van der Waals surface area contributed by atoms with Crippen LogP contribution < -0.4 is 5.32 Å². The van der Waals surface area contributed by atoms with E-state index in [9.17, 15) is 18.0 Å². The molecule has 0 spiro atoms. The summed E-state index contributed by atoms with van der Waals surface area (Å²) >= 11 is 0. The second-order valence-corrected chi connectivity index (χ2v) is 9.56. The summed E-state index contributed by atoms with van der Waals surface area (Å²) in [5.41, 5.74) is 3.20.